The number of carbonyl (C=O) groups is 1. The van der Waals surface area contributed by atoms with Crippen molar-refractivity contribution in [3.8, 4) is 10.8 Å². The van der Waals surface area contributed by atoms with Gasteiger partial charge in [0.05, 0.1) is 21.0 Å². The topological polar surface area (TPSA) is 108 Å². The zero-order chi connectivity index (χ0) is 26.3. The van der Waals surface area contributed by atoms with Crippen LogP contribution in [0.4, 0.5) is 5.69 Å². The molecule has 0 radical (unpaired) electrons. The van der Waals surface area contributed by atoms with Crippen molar-refractivity contribution in [2.75, 3.05) is 5.32 Å². The van der Waals surface area contributed by atoms with Crippen LogP contribution in [0.25, 0.3) is 10.8 Å². The quantitative estimate of drug-likeness (QED) is 0.221. The Morgan fingerprint density at radius 1 is 1.16 bits per heavy atom. The minimum Gasteiger partial charge on any atom is -0.772 e. The first-order valence-corrected chi connectivity index (χ1v) is 14.3. The van der Waals surface area contributed by atoms with Gasteiger partial charge in [-0.25, -0.2) is 0 Å². The van der Waals surface area contributed by atoms with Crippen LogP contribution in [0.15, 0.2) is 53.1 Å². The average Bonchev–Trinajstić information content (AvgIpc) is 3.25. The van der Waals surface area contributed by atoms with Crippen LogP contribution in [0.3, 0.4) is 0 Å². The lowest BCUT2D eigenvalue weighted by Crippen LogP contribution is -2.16. The minimum absolute atomic E-state index is 0.106. The number of nitrogens with one attached hydrogen (secondary N) is 1. The summed E-state index contributed by atoms with van der Waals surface area (Å²) in [6.07, 6.45) is 1.63. The largest absolute Gasteiger partial charge is 0.772 e. The summed E-state index contributed by atoms with van der Waals surface area (Å²) in [5.41, 5.74) is 2.02. The molecule has 37 heavy (non-hydrogen) atoms. The first-order chi connectivity index (χ1) is 17.7. The molecule has 1 aliphatic carbocycles. The number of anilines is 1. The van der Waals surface area contributed by atoms with Gasteiger partial charge < -0.3 is 14.4 Å². The zero-order valence-electron chi connectivity index (χ0n) is 19.3. The van der Waals surface area contributed by atoms with Gasteiger partial charge in [0.25, 0.3) is 5.89 Å². The summed E-state index contributed by atoms with van der Waals surface area (Å²) in [4.78, 5) is 18.0. The Hall–Kier alpha value is -2.27. The Morgan fingerprint density at radius 3 is 2.41 bits per heavy atom. The molecule has 2 atom stereocenters. The van der Waals surface area contributed by atoms with Gasteiger partial charge in [-0.2, -0.15) is 4.98 Å². The molecule has 0 spiro atoms. The third kappa shape index (κ3) is 5.48. The van der Waals surface area contributed by atoms with E-state index in [2.05, 4.69) is 15.5 Å². The predicted octanol–water partition coefficient (Wildman–Crippen LogP) is 6.96. The first kappa shape index (κ1) is 26.3. The van der Waals surface area contributed by atoms with E-state index in [-0.39, 0.29) is 12.3 Å². The molecule has 5 rings (SSSR count). The highest BCUT2D eigenvalue weighted by Gasteiger charge is 2.52. The van der Waals surface area contributed by atoms with Gasteiger partial charge in [0, 0.05) is 26.5 Å². The van der Waals surface area contributed by atoms with Gasteiger partial charge >= 0.3 is 0 Å². The molecule has 1 saturated carbocycles. The molecule has 2 aromatic heterocycles. The number of benzene rings is 2. The van der Waals surface area contributed by atoms with Crippen molar-refractivity contribution in [3.05, 3.63) is 85.4 Å². The second kappa shape index (κ2) is 10.5. The molecule has 2 aromatic carbocycles. The van der Waals surface area contributed by atoms with Crippen LogP contribution in [0.5, 0.6) is 0 Å². The highest BCUT2D eigenvalue weighted by molar-refractivity contribution is 7.79. The Bertz CT molecular complexity index is 1480. The predicted molar refractivity (Wildman–Crippen MR) is 145 cm³/mol. The maximum atomic E-state index is 12.6. The molecule has 0 aliphatic heterocycles. The lowest BCUT2D eigenvalue weighted by molar-refractivity contribution is -0.115. The van der Waals surface area contributed by atoms with Crippen molar-refractivity contribution in [3.63, 3.8) is 0 Å². The van der Waals surface area contributed by atoms with E-state index < -0.39 is 21.7 Å². The number of thiophene rings is 1. The number of carbonyl (C=O) groups excluding carboxylic acids is 1. The van der Waals surface area contributed by atoms with Crippen LogP contribution in [-0.2, 0) is 27.7 Å². The van der Waals surface area contributed by atoms with E-state index in [4.69, 9.17) is 39.3 Å². The number of rotatable bonds is 8. The van der Waals surface area contributed by atoms with E-state index in [0.717, 1.165) is 23.3 Å². The number of amides is 1. The van der Waals surface area contributed by atoms with Crippen molar-refractivity contribution >= 4 is 68.8 Å². The number of aromatic nitrogens is 2. The summed E-state index contributed by atoms with van der Waals surface area (Å²) in [5, 5.41) is 7.20. The Morgan fingerprint density at radius 2 is 1.84 bits per heavy atom. The fraction of sp³-hybridized carbons (Fsp3) is 0.240. The van der Waals surface area contributed by atoms with E-state index in [0.29, 0.717) is 42.9 Å². The second-order valence-electron chi connectivity index (χ2n) is 8.79. The van der Waals surface area contributed by atoms with Crippen molar-refractivity contribution in [1.29, 1.82) is 0 Å². The molecule has 1 fully saturated rings. The maximum absolute atomic E-state index is 12.6. The summed E-state index contributed by atoms with van der Waals surface area (Å²) in [6.45, 7) is 1.60. The molecule has 12 heteroatoms. The maximum Gasteiger partial charge on any atom is 0.268 e. The molecule has 0 saturated heterocycles. The summed E-state index contributed by atoms with van der Waals surface area (Å²) in [7, 11) is 0. The van der Waals surface area contributed by atoms with E-state index in [1.807, 2.05) is 6.07 Å². The Balaban J connectivity index is 1.31. The number of nitrogens with zero attached hydrogens (tertiary/aromatic N) is 2. The lowest BCUT2D eigenvalue weighted by Gasteiger charge is -2.17. The van der Waals surface area contributed by atoms with Crippen molar-refractivity contribution < 1.29 is 18.1 Å². The van der Waals surface area contributed by atoms with E-state index in [1.54, 1.807) is 49.4 Å². The molecule has 192 valence electrons. The summed E-state index contributed by atoms with van der Waals surface area (Å²) in [6, 6.07) is 13.8. The van der Waals surface area contributed by atoms with Crippen LogP contribution in [0.1, 0.15) is 47.5 Å². The second-order valence-corrected chi connectivity index (χ2v) is 12.6. The van der Waals surface area contributed by atoms with Crippen LogP contribution in [0.2, 0.25) is 14.4 Å². The SMILES string of the molecule is CC(c1ccc(CC(=O)Nc2cc(Cl)c(C3(c4noc(-c5ccc(Cl)s5)n4)CC3)c(Cl)c2)cc1)S(=O)[O-]. The highest BCUT2D eigenvalue weighted by Crippen LogP contribution is 2.57. The number of halogens is 3. The molecule has 4 aromatic rings. The van der Waals surface area contributed by atoms with Gasteiger partial charge in [0.2, 0.25) is 5.91 Å². The zero-order valence-corrected chi connectivity index (χ0v) is 23.2. The third-order valence-corrected chi connectivity index (χ3v) is 8.96. The van der Waals surface area contributed by atoms with Gasteiger partial charge in [0.15, 0.2) is 5.82 Å². The molecule has 7 nitrogen and oxygen atoms in total. The molecule has 0 bridgehead atoms. The Labute approximate surface area is 234 Å². The van der Waals surface area contributed by atoms with E-state index in [1.165, 1.54) is 11.3 Å². The number of hydrogen-bond donors (Lipinski definition) is 1. The van der Waals surface area contributed by atoms with Crippen LogP contribution >= 0.6 is 46.1 Å². The standard InChI is InChI=1S/C25H20Cl3N3O4S2/c1-13(37(33)34)15-4-2-14(3-5-15)10-21(32)29-16-11-17(26)22(18(27)12-16)25(8-9-25)24-30-23(35-31-24)19-6-7-20(28)36-19/h2-7,11-13H,8-10H2,1H3,(H,29,32)(H,33,34)/p-1. The van der Waals surface area contributed by atoms with Gasteiger partial charge in [-0.3, -0.25) is 9.00 Å². The average molecular weight is 596 g/mol. The molecule has 1 amide bonds. The third-order valence-electron chi connectivity index (χ3n) is 6.29. The molecule has 1 N–H and O–H groups in total. The van der Waals surface area contributed by atoms with Crippen LogP contribution in [-0.4, -0.2) is 24.8 Å². The number of hydrogen-bond acceptors (Lipinski definition) is 7. The highest BCUT2D eigenvalue weighted by atomic mass is 35.5. The normalized spacial score (nSPS) is 15.8. The molecule has 1 aliphatic rings. The molecule has 2 unspecified atom stereocenters. The van der Waals surface area contributed by atoms with Crippen molar-refractivity contribution in [1.82, 2.24) is 10.1 Å². The summed E-state index contributed by atoms with van der Waals surface area (Å²) >= 11 is 18.5. The van der Waals surface area contributed by atoms with E-state index in [9.17, 15) is 13.6 Å². The lowest BCUT2D eigenvalue weighted by atomic mass is 9.94. The Kier molecular flexibility index (Phi) is 7.46. The minimum atomic E-state index is -2.20. The van der Waals surface area contributed by atoms with Crippen LogP contribution < -0.4 is 5.32 Å². The van der Waals surface area contributed by atoms with Crippen LogP contribution in [0, 0.1) is 0 Å². The first-order valence-electron chi connectivity index (χ1n) is 11.2. The molecular formula is C25H19Cl3N3O4S2-. The van der Waals surface area contributed by atoms with Gasteiger partial charge in [-0.15, -0.1) is 11.3 Å². The fourth-order valence-corrected chi connectivity index (χ4v) is 6.36. The molecular weight excluding hydrogens is 577 g/mol. The van der Waals surface area contributed by atoms with Gasteiger partial charge in [-0.05, 0) is 66.2 Å². The van der Waals surface area contributed by atoms with Gasteiger partial charge in [-0.1, -0.05) is 64.2 Å². The smallest absolute Gasteiger partial charge is 0.268 e. The van der Waals surface area contributed by atoms with Crippen molar-refractivity contribution in [2.24, 2.45) is 0 Å². The summed E-state index contributed by atoms with van der Waals surface area (Å²) < 4.78 is 28.4. The van der Waals surface area contributed by atoms with Crippen molar-refractivity contribution in [2.45, 2.75) is 36.9 Å². The fourth-order valence-electron chi connectivity index (χ4n) is 4.17. The van der Waals surface area contributed by atoms with Gasteiger partial charge in [0.1, 0.15) is 0 Å². The molecule has 2 heterocycles. The summed E-state index contributed by atoms with van der Waals surface area (Å²) in [5.74, 6) is 0.635. The van der Waals surface area contributed by atoms with E-state index >= 15 is 0 Å². The monoisotopic (exact) mass is 594 g/mol.